The van der Waals surface area contributed by atoms with Gasteiger partial charge in [-0.2, -0.15) is 0 Å². The SMILES string of the molecule is CCc1ccc(C(=O)Nc2ccc3c4c(cccc24)CC3)cc1. The van der Waals surface area contributed by atoms with Crippen molar-refractivity contribution in [3.05, 3.63) is 76.9 Å². The van der Waals surface area contributed by atoms with Crippen molar-refractivity contribution in [3.63, 3.8) is 0 Å². The van der Waals surface area contributed by atoms with Gasteiger partial charge in [0.05, 0.1) is 0 Å². The minimum absolute atomic E-state index is 0.0497. The molecule has 3 aromatic carbocycles. The second-order valence-electron chi connectivity index (χ2n) is 6.12. The van der Waals surface area contributed by atoms with E-state index in [1.165, 1.54) is 22.1 Å². The van der Waals surface area contributed by atoms with Crippen LogP contribution in [0.5, 0.6) is 0 Å². The third kappa shape index (κ3) is 2.40. The van der Waals surface area contributed by atoms with E-state index in [1.54, 1.807) is 0 Å². The van der Waals surface area contributed by atoms with Gasteiger partial charge in [-0.05, 0) is 59.5 Å². The molecule has 0 unspecified atom stereocenters. The lowest BCUT2D eigenvalue weighted by atomic mass is 10.0. The fraction of sp³-hybridized carbons (Fsp3) is 0.190. The Hall–Kier alpha value is -2.61. The fourth-order valence-corrected chi connectivity index (χ4v) is 3.44. The van der Waals surface area contributed by atoms with Crippen LogP contribution in [0.3, 0.4) is 0 Å². The van der Waals surface area contributed by atoms with Gasteiger partial charge in [-0.3, -0.25) is 4.79 Å². The van der Waals surface area contributed by atoms with Crippen molar-refractivity contribution >= 4 is 22.4 Å². The maximum absolute atomic E-state index is 12.5. The van der Waals surface area contributed by atoms with E-state index in [1.807, 2.05) is 30.3 Å². The molecule has 4 rings (SSSR count). The van der Waals surface area contributed by atoms with Crippen LogP contribution >= 0.6 is 0 Å². The Bertz CT molecular complexity index is 883. The number of nitrogens with one attached hydrogen (secondary N) is 1. The van der Waals surface area contributed by atoms with Crippen molar-refractivity contribution in [1.29, 1.82) is 0 Å². The molecule has 114 valence electrons. The number of aryl methyl sites for hydroxylation is 3. The zero-order chi connectivity index (χ0) is 15.8. The first kappa shape index (κ1) is 14.0. The van der Waals surface area contributed by atoms with Gasteiger partial charge >= 0.3 is 0 Å². The van der Waals surface area contributed by atoms with Crippen LogP contribution in [0.1, 0.15) is 34.0 Å². The number of anilines is 1. The largest absolute Gasteiger partial charge is 0.321 e. The molecule has 0 saturated heterocycles. The number of hydrogen-bond acceptors (Lipinski definition) is 1. The summed E-state index contributed by atoms with van der Waals surface area (Å²) in [7, 11) is 0. The molecule has 0 heterocycles. The van der Waals surface area contributed by atoms with Crippen LogP contribution in [0.4, 0.5) is 5.69 Å². The molecule has 0 saturated carbocycles. The molecule has 0 spiro atoms. The summed E-state index contributed by atoms with van der Waals surface area (Å²) in [5.74, 6) is -0.0497. The molecule has 2 heteroatoms. The van der Waals surface area contributed by atoms with E-state index in [0.717, 1.165) is 30.3 Å². The molecule has 2 nitrogen and oxygen atoms in total. The first-order valence-corrected chi connectivity index (χ1v) is 8.20. The Morgan fingerprint density at radius 3 is 2.43 bits per heavy atom. The quantitative estimate of drug-likeness (QED) is 0.743. The van der Waals surface area contributed by atoms with E-state index in [2.05, 4.69) is 36.5 Å². The van der Waals surface area contributed by atoms with Crippen molar-refractivity contribution in [2.75, 3.05) is 5.32 Å². The summed E-state index contributed by atoms with van der Waals surface area (Å²) in [5, 5.41) is 5.56. The number of carbonyl (C=O) groups excluding carboxylic acids is 1. The molecule has 23 heavy (non-hydrogen) atoms. The van der Waals surface area contributed by atoms with Crippen LogP contribution < -0.4 is 5.32 Å². The molecule has 1 aliphatic carbocycles. The Balaban J connectivity index is 1.69. The van der Waals surface area contributed by atoms with Crippen LogP contribution in [0, 0.1) is 0 Å². The lowest BCUT2D eigenvalue weighted by molar-refractivity contribution is 0.102. The van der Waals surface area contributed by atoms with Gasteiger partial charge in [0.15, 0.2) is 0 Å². The molecule has 0 atom stereocenters. The molecular weight excluding hydrogens is 282 g/mol. The minimum atomic E-state index is -0.0497. The van der Waals surface area contributed by atoms with Crippen LogP contribution in [0.25, 0.3) is 10.8 Å². The molecule has 1 aliphatic rings. The second kappa shape index (κ2) is 5.54. The highest BCUT2D eigenvalue weighted by molar-refractivity contribution is 6.10. The zero-order valence-corrected chi connectivity index (χ0v) is 13.2. The molecule has 0 radical (unpaired) electrons. The predicted octanol–water partition coefficient (Wildman–Crippen LogP) is 4.75. The third-order valence-corrected chi connectivity index (χ3v) is 4.75. The van der Waals surface area contributed by atoms with Gasteiger partial charge in [0.2, 0.25) is 0 Å². The molecule has 0 bridgehead atoms. The molecule has 0 aliphatic heterocycles. The average Bonchev–Trinajstić information content (AvgIpc) is 3.02. The summed E-state index contributed by atoms with van der Waals surface area (Å²) < 4.78 is 0. The Morgan fingerprint density at radius 2 is 1.70 bits per heavy atom. The number of amides is 1. The zero-order valence-electron chi connectivity index (χ0n) is 13.2. The first-order valence-electron chi connectivity index (χ1n) is 8.20. The number of rotatable bonds is 3. The molecule has 3 aromatic rings. The topological polar surface area (TPSA) is 29.1 Å². The summed E-state index contributed by atoms with van der Waals surface area (Å²) in [6, 6.07) is 18.4. The van der Waals surface area contributed by atoms with Gasteiger partial charge in [0.1, 0.15) is 0 Å². The summed E-state index contributed by atoms with van der Waals surface area (Å²) in [5.41, 5.74) is 5.62. The molecule has 1 amide bonds. The Labute approximate surface area is 136 Å². The van der Waals surface area contributed by atoms with Crippen LogP contribution in [0.2, 0.25) is 0 Å². The van der Waals surface area contributed by atoms with E-state index < -0.39 is 0 Å². The predicted molar refractivity (Wildman–Crippen MR) is 95.1 cm³/mol. The van der Waals surface area contributed by atoms with Gasteiger partial charge in [0, 0.05) is 16.6 Å². The summed E-state index contributed by atoms with van der Waals surface area (Å²) in [4.78, 5) is 12.5. The van der Waals surface area contributed by atoms with Gasteiger partial charge in [-0.1, -0.05) is 43.3 Å². The normalized spacial score (nSPS) is 12.6. The maximum Gasteiger partial charge on any atom is 0.255 e. The Kier molecular flexibility index (Phi) is 3.38. The minimum Gasteiger partial charge on any atom is -0.321 e. The summed E-state index contributed by atoms with van der Waals surface area (Å²) >= 11 is 0. The van der Waals surface area contributed by atoms with E-state index in [-0.39, 0.29) is 5.91 Å². The Morgan fingerprint density at radius 1 is 0.957 bits per heavy atom. The van der Waals surface area contributed by atoms with E-state index in [4.69, 9.17) is 0 Å². The highest BCUT2D eigenvalue weighted by Crippen LogP contribution is 2.35. The van der Waals surface area contributed by atoms with Gasteiger partial charge < -0.3 is 5.32 Å². The molecule has 0 aromatic heterocycles. The van der Waals surface area contributed by atoms with Crippen molar-refractivity contribution in [2.45, 2.75) is 26.2 Å². The lowest BCUT2D eigenvalue weighted by Crippen LogP contribution is -2.12. The van der Waals surface area contributed by atoms with Crippen molar-refractivity contribution in [3.8, 4) is 0 Å². The van der Waals surface area contributed by atoms with E-state index >= 15 is 0 Å². The highest BCUT2D eigenvalue weighted by Gasteiger charge is 2.16. The summed E-state index contributed by atoms with van der Waals surface area (Å²) in [6.45, 7) is 2.11. The number of carbonyl (C=O) groups is 1. The van der Waals surface area contributed by atoms with Crippen molar-refractivity contribution < 1.29 is 4.79 Å². The maximum atomic E-state index is 12.5. The van der Waals surface area contributed by atoms with Gasteiger partial charge in [-0.15, -0.1) is 0 Å². The van der Waals surface area contributed by atoms with Crippen molar-refractivity contribution in [2.24, 2.45) is 0 Å². The van der Waals surface area contributed by atoms with Crippen LogP contribution in [-0.2, 0) is 19.3 Å². The van der Waals surface area contributed by atoms with Crippen LogP contribution in [-0.4, -0.2) is 5.91 Å². The van der Waals surface area contributed by atoms with Crippen LogP contribution in [0.15, 0.2) is 54.6 Å². The highest BCUT2D eigenvalue weighted by atomic mass is 16.1. The smallest absolute Gasteiger partial charge is 0.255 e. The lowest BCUT2D eigenvalue weighted by Gasteiger charge is -2.11. The van der Waals surface area contributed by atoms with Crippen molar-refractivity contribution in [1.82, 2.24) is 0 Å². The second-order valence-corrected chi connectivity index (χ2v) is 6.12. The van der Waals surface area contributed by atoms with Gasteiger partial charge in [0.25, 0.3) is 5.91 Å². The van der Waals surface area contributed by atoms with Gasteiger partial charge in [-0.25, -0.2) is 0 Å². The molecular formula is C21H19NO. The van der Waals surface area contributed by atoms with E-state index in [9.17, 15) is 4.79 Å². The van der Waals surface area contributed by atoms with E-state index in [0.29, 0.717) is 5.56 Å². The average molecular weight is 301 g/mol. The fourth-order valence-electron chi connectivity index (χ4n) is 3.44. The monoisotopic (exact) mass is 301 g/mol. The first-order chi connectivity index (χ1) is 11.3. The third-order valence-electron chi connectivity index (χ3n) is 4.75. The summed E-state index contributed by atoms with van der Waals surface area (Å²) in [6.07, 6.45) is 3.18. The number of hydrogen-bond donors (Lipinski definition) is 1. The molecule has 0 fully saturated rings. The standard InChI is InChI=1S/C21H19NO/c1-2-14-6-8-17(9-7-14)21(23)22-19-13-12-16-11-10-15-4-3-5-18(19)20(15)16/h3-9,12-13H,2,10-11H2,1H3,(H,22,23). The molecule has 1 N–H and O–H groups in total. The number of benzene rings is 3.